The maximum absolute atomic E-state index is 13.1. The molecule has 6 nitrogen and oxygen atoms in total. The molecule has 1 aliphatic rings. The normalized spacial score (nSPS) is 13.6. The molecule has 3 aromatic carbocycles. The zero-order valence-corrected chi connectivity index (χ0v) is 23.8. The Morgan fingerprint density at radius 1 is 1.11 bits per heavy atom. The fourth-order valence-corrected chi connectivity index (χ4v) is 5.94. The van der Waals surface area contributed by atoms with Gasteiger partial charge in [-0.15, -0.1) is 0 Å². The highest BCUT2D eigenvalue weighted by Crippen LogP contribution is 2.49. The summed E-state index contributed by atoms with van der Waals surface area (Å²) in [5, 5.41) is 1.50. The number of anilines is 2. The summed E-state index contributed by atoms with van der Waals surface area (Å²) in [5.74, 6) is -0.0274. The number of esters is 1. The molecule has 1 saturated carbocycles. The molecule has 10 heteroatoms. The molecule has 192 valence electrons. The minimum atomic E-state index is -3.77. The summed E-state index contributed by atoms with van der Waals surface area (Å²) in [6.07, 6.45) is 2.97. The monoisotopic (exact) mass is 621 g/mol. The summed E-state index contributed by atoms with van der Waals surface area (Å²) in [4.78, 5) is 13.1. The Labute approximate surface area is 233 Å². The molecule has 4 aromatic rings. The molecule has 0 spiro atoms. The SMILES string of the molecule is CCOC(=O)c1c(-c2ccc(Cl)cc2)oc2cc(N(c3ccc(Br)c(Cl)c3)S(C)(=O)=O)c(C3CC3)cc12. The van der Waals surface area contributed by atoms with Crippen LogP contribution in [0, 0.1) is 0 Å². The van der Waals surface area contributed by atoms with Crippen LogP contribution in [0.5, 0.6) is 0 Å². The van der Waals surface area contributed by atoms with Gasteiger partial charge in [-0.25, -0.2) is 17.5 Å². The van der Waals surface area contributed by atoms with Crippen molar-refractivity contribution in [3.63, 3.8) is 0 Å². The zero-order valence-electron chi connectivity index (χ0n) is 19.9. The van der Waals surface area contributed by atoms with E-state index in [1.807, 2.05) is 6.07 Å². The number of furan rings is 1. The van der Waals surface area contributed by atoms with Gasteiger partial charge in [0.2, 0.25) is 10.0 Å². The molecule has 5 rings (SSSR count). The molecule has 0 bridgehead atoms. The van der Waals surface area contributed by atoms with Crippen LogP contribution < -0.4 is 4.31 Å². The first-order valence-corrected chi connectivity index (χ1v) is 15.0. The first kappa shape index (κ1) is 26.1. The molecule has 1 heterocycles. The van der Waals surface area contributed by atoms with Crippen molar-refractivity contribution in [1.29, 1.82) is 0 Å². The van der Waals surface area contributed by atoms with E-state index in [2.05, 4.69) is 15.9 Å². The number of halogens is 3. The van der Waals surface area contributed by atoms with Crippen LogP contribution >= 0.6 is 39.1 Å². The van der Waals surface area contributed by atoms with Crippen molar-refractivity contribution in [2.24, 2.45) is 0 Å². The van der Waals surface area contributed by atoms with Crippen molar-refractivity contribution < 1.29 is 22.4 Å². The van der Waals surface area contributed by atoms with Crippen molar-refractivity contribution in [2.45, 2.75) is 25.7 Å². The molecule has 0 unspecified atom stereocenters. The van der Waals surface area contributed by atoms with Gasteiger partial charge >= 0.3 is 5.97 Å². The largest absolute Gasteiger partial charge is 0.462 e. The van der Waals surface area contributed by atoms with Crippen LogP contribution in [0.3, 0.4) is 0 Å². The Bertz CT molecular complexity index is 1630. The van der Waals surface area contributed by atoms with Crippen LogP contribution in [0.4, 0.5) is 11.4 Å². The molecule has 1 aliphatic carbocycles. The van der Waals surface area contributed by atoms with Crippen LogP contribution in [-0.4, -0.2) is 27.2 Å². The lowest BCUT2D eigenvalue weighted by Gasteiger charge is -2.25. The quantitative estimate of drug-likeness (QED) is 0.194. The molecule has 0 saturated heterocycles. The Kier molecular flexibility index (Phi) is 7.04. The van der Waals surface area contributed by atoms with E-state index >= 15 is 0 Å². The highest BCUT2D eigenvalue weighted by Gasteiger charge is 2.34. The molecule has 0 amide bonds. The summed E-state index contributed by atoms with van der Waals surface area (Å²) in [7, 11) is -3.77. The zero-order chi connectivity index (χ0) is 26.5. The molecular weight excluding hydrogens is 601 g/mol. The Morgan fingerprint density at radius 2 is 1.81 bits per heavy atom. The lowest BCUT2D eigenvalue weighted by Crippen LogP contribution is -2.25. The Morgan fingerprint density at radius 3 is 2.41 bits per heavy atom. The van der Waals surface area contributed by atoms with Crippen molar-refractivity contribution in [3.05, 3.63) is 80.2 Å². The van der Waals surface area contributed by atoms with Gasteiger partial charge in [0.1, 0.15) is 16.9 Å². The highest BCUT2D eigenvalue weighted by atomic mass is 79.9. The number of sulfonamides is 1. The second-order valence-electron chi connectivity index (χ2n) is 8.84. The van der Waals surface area contributed by atoms with Gasteiger partial charge in [-0.3, -0.25) is 0 Å². The first-order valence-electron chi connectivity index (χ1n) is 11.6. The third-order valence-electron chi connectivity index (χ3n) is 6.13. The second-order valence-corrected chi connectivity index (χ2v) is 12.4. The number of hydrogen-bond acceptors (Lipinski definition) is 5. The molecule has 0 aliphatic heterocycles. The Hall–Kier alpha value is -2.52. The van der Waals surface area contributed by atoms with Gasteiger partial charge in [0.15, 0.2) is 0 Å². The third kappa shape index (κ3) is 5.12. The summed E-state index contributed by atoms with van der Waals surface area (Å²) >= 11 is 15.8. The number of benzene rings is 3. The first-order chi connectivity index (χ1) is 17.6. The number of fused-ring (bicyclic) bond motifs is 1. The maximum Gasteiger partial charge on any atom is 0.342 e. The van der Waals surface area contributed by atoms with Crippen molar-refractivity contribution in [1.82, 2.24) is 0 Å². The number of ether oxygens (including phenoxy) is 1. The minimum Gasteiger partial charge on any atom is -0.462 e. The van der Waals surface area contributed by atoms with E-state index in [0.717, 1.165) is 24.7 Å². The van der Waals surface area contributed by atoms with Gasteiger partial charge in [-0.2, -0.15) is 0 Å². The molecular formula is C27H22BrCl2NO5S. The fourth-order valence-electron chi connectivity index (χ4n) is 4.38. The topological polar surface area (TPSA) is 76.8 Å². The van der Waals surface area contributed by atoms with E-state index in [4.69, 9.17) is 32.4 Å². The van der Waals surface area contributed by atoms with Gasteiger partial charge in [-0.1, -0.05) is 23.2 Å². The van der Waals surface area contributed by atoms with Gasteiger partial charge in [0.25, 0.3) is 0 Å². The number of carbonyl (C=O) groups excluding carboxylic acids is 1. The number of carbonyl (C=O) groups is 1. The second kappa shape index (κ2) is 9.98. The third-order valence-corrected chi connectivity index (χ3v) is 8.68. The molecule has 0 radical (unpaired) electrons. The van der Waals surface area contributed by atoms with Crippen LogP contribution in [0.2, 0.25) is 10.0 Å². The van der Waals surface area contributed by atoms with E-state index in [-0.39, 0.29) is 12.5 Å². The van der Waals surface area contributed by atoms with Crippen molar-refractivity contribution >= 4 is 77.5 Å². The molecule has 0 N–H and O–H groups in total. The lowest BCUT2D eigenvalue weighted by molar-refractivity contribution is 0.0528. The molecule has 1 aromatic heterocycles. The van der Waals surface area contributed by atoms with Crippen LogP contribution in [0.1, 0.15) is 41.6 Å². The van der Waals surface area contributed by atoms with E-state index in [1.165, 1.54) is 4.31 Å². The average molecular weight is 623 g/mol. The lowest BCUT2D eigenvalue weighted by atomic mass is 10.0. The van der Waals surface area contributed by atoms with Crippen LogP contribution in [-0.2, 0) is 14.8 Å². The number of hydrogen-bond donors (Lipinski definition) is 0. The van der Waals surface area contributed by atoms with E-state index in [0.29, 0.717) is 53.7 Å². The predicted octanol–water partition coefficient (Wildman–Crippen LogP) is 8.32. The predicted molar refractivity (Wildman–Crippen MR) is 151 cm³/mol. The van der Waals surface area contributed by atoms with Crippen LogP contribution in [0.15, 0.2) is 63.5 Å². The minimum absolute atomic E-state index is 0.151. The van der Waals surface area contributed by atoms with E-state index < -0.39 is 16.0 Å². The smallest absolute Gasteiger partial charge is 0.342 e. The van der Waals surface area contributed by atoms with Crippen LogP contribution in [0.25, 0.3) is 22.3 Å². The summed E-state index contributed by atoms with van der Waals surface area (Å²) in [5.41, 5.74) is 2.98. The maximum atomic E-state index is 13.1. The Balaban J connectivity index is 1.79. The fraction of sp³-hybridized carbons (Fsp3) is 0.222. The molecule has 0 atom stereocenters. The number of rotatable bonds is 7. The number of nitrogens with zero attached hydrogens (tertiary/aromatic N) is 1. The summed E-state index contributed by atoms with van der Waals surface area (Å²) in [6.45, 7) is 1.94. The van der Waals surface area contributed by atoms with Gasteiger partial charge in [0.05, 0.1) is 29.3 Å². The summed E-state index contributed by atoms with van der Waals surface area (Å²) in [6, 6.07) is 15.5. The van der Waals surface area contributed by atoms with Crippen molar-refractivity contribution in [2.75, 3.05) is 17.2 Å². The van der Waals surface area contributed by atoms with Gasteiger partial charge in [0, 0.05) is 26.5 Å². The molecule has 1 fully saturated rings. The van der Waals surface area contributed by atoms with Gasteiger partial charge in [-0.05, 0) is 95.7 Å². The highest BCUT2D eigenvalue weighted by molar-refractivity contribution is 9.10. The standard InChI is InChI=1S/C27H22BrCl2NO5S/c1-3-35-27(32)25-20-13-19(15-4-5-15)23(14-24(20)36-26(25)16-6-8-17(29)9-7-16)31(37(2,33)34)18-10-11-21(28)22(30)12-18/h6-15H,3-5H2,1-2H3. The van der Waals surface area contributed by atoms with E-state index in [9.17, 15) is 13.2 Å². The summed E-state index contributed by atoms with van der Waals surface area (Å²) < 4.78 is 39.8. The van der Waals surface area contributed by atoms with E-state index in [1.54, 1.807) is 55.5 Å². The molecule has 37 heavy (non-hydrogen) atoms. The average Bonchev–Trinajstić information content (AvgIpc) is 3.61. The van der Waals surface area contributed by atoms with Gasteiger partial charge < -0.3 is 9.15 Å². The van der Waals surface area contributed by atoms with Crippen molar-refractivity contribution in [3.8, 4) is 11.3 Å².